The Morgan fingerprint density at radius 1 is 1.37 bits per heavy atom. The van der Waals surface area contributed by atoms with Crippen LogP contribution in [0, 0.1) is 17.6 Å². The maximum Gasteiger partial charge on any atom is 0.256 e. The molecule has 0 radical (unpaired) electrons. The first-order valence-electron chi connectivity index (χ1n) is 9.51. The number of pyridine rings is 1. The number of rotatable bonds is 5. The van der Waals surface area contributed by atoms with Gasteiger partial charge in [0.15, 0.2) is 11.6 Å². The largest absolute Gasteiger partial charge is 0.384 e. The van der Waals surface area contributed by atoms with Crippen molar-refractivity contribution < 1.29 is 18.3 Å². The Labute approximate surface area is 175 Å². The second-order valence-corrected chi connectivity index (χ2v) is 8.21. The molecule has 9 heteroatoms. The van der Waals surface area contributed by atoms with Crippen LogP contribution >= 0.6 is 11.3 Å². The first-order valence-corrected chi connectivity index (χ1v) is 10.5. The third kappa shape index (κ3) is 3.70. The topological polar surface area (TPSA) is 74.4 Å². The van der Waals surface area contributed by atoms with Crippen LogP contribution in [0.1, 0.15) is 24.2 Å². The van der Waals surface area contributed by atoms with Crippen molar-refractivity contribution in [1.82, 2.24) is 9.88 Å². The zero-order valence-corrected chi connectivity index (χ0v) is 17.3. The van der Waals surface area contributed by atoms with Gasteiger partial charge in [-0.05, 0) is 29.0 Å². The maximum atomic E-state index is 14.0. The van der Waals surface area contributed by atoms with Crippen molar-refractivity contribution in [2.24, 2.45) is 5.92 Å². The summed E-state index contributed by atoms with van der Waals surface area (Å²) in [5, 5.41) is 7.48. The summed E-state index contributed by atoms with van der Waals surface area (Å²) in [5.41, 5.74) is 1.49. The van der Waals surface area contributed by atoms with Gasteiger partial charge in [0.2, 0.25) is 5.91 Å². The molecule has 1 aliphatic heterocycles. The molecular formula is C21H21F2N3O3S. The number of carbonyl (C=O) groups excluding carboxylic acids is 1. The lowest BCUT2D eigenvalue weighted by atomic mass is 9.94. The standard InChI is InChI=1S/C21H21F2N3O3S/c1-11(7-24-12-3-4-30-10-12)21(28)26(2)18-9-29-8-17-19(18)13-5-15(22)16(23)6-14(13)20(27)25-17/h3-6,10-11,18,24H,7-9H2,1-2H3,(H,25,27)/t11-,18?/m1/s1. The summed E-state index contributed by atoms with van der Waals surface area (Å²) in [6.45, 7) is 2.60. The summed E-state index contributed by atoms with van der Waals surface area (Å²) in [5.74, 6) is -2.58. The number of likely N-dealkylation sites (N-methyl/N-ethyl adjacent to an activating group) is 1. The number of hydrogen-bond acceptors (Lipinski definition) is 5. The molecule has 1 unspecified atom stereocenters. The molecule has 0 aliphatic carbocycles. The molecule has 0 bridgehead atoms. The average Bonchev–Trinajstić information content (AvgIpc) is 3.25. The number of anilines is 1. The van der Waals surface area contributed by atoms with E-state index in [0.717, 1.165) is 17.8 Å². The van der Waals surface area contributed by atoms with Crippen LogP contribution in [0.25, 0.3) is 10.8 Å². The monoisotopic (exact) mass is 433 g/mol. The molecule has 0 saturated carbocycles. The van der Waals surface area contributed by atoms with E-state index in [0.29, 0.717) is 23.2 Å². The second-order valence-electron chi connectivity index (χ2n) is 7.43. The van der Waals surface area contributed by atoms with E-state index in [2.05, 4.69) is 10.3 Å². The van der Waals surface area contributed by atoms with Crippen molar-refractivity contribution >= 4 is 33.7 Å². The molecule has 4 rings (SSSR count). The van der Waals surface area contributed by atoms with Gasteiger partial charge in [0, 0.05) is 35.9 Å². The minimum absolute atomic E-state index is 0.0487. The number of hydrogen-bond donors (Lipinski definition) is 2. The smallest absolute Gasteiger partial charge is 0.256 e. The third-order valence-electron chi connectivity index (χ3n) is 5.41. The summed E-state index contributed by atoms with van der Waals surface area (Å²) in [6.07, 6.45) is 0. The number of benzene rings is 1. The number of nitrogens with one attached hydrogen (secondary N) is 2. The van der Waals surface area contributed by atoms with Gasteiger partial charge in [-0.15, -0.1) is 0 Å². The number of aromatic nitrogens is 1. The molecule has 3 aromatic rings. The first kappa shape index (κ1) is 20.5. The van der Waals surface area contributed by atoms with Gasteiger partial charge in [0.05, 0.1) is 30.6 Å². The second kappa shape index (κ2) is 8.16. The summed E-state index contributed by atoms with van der Waals surface area (Å²) in [6, 6.07) is 3.32. The molecule has 2 N–H and O–H groups in total. The molecule has 0 fully saturated rings. The number of nitrogens with zero attached hydrogens (tertiary/aromatic N) is 1. The van der Waals surface area contributed by atoms with Crippen LogP contribution in [-0.2, 0) is 16.1 Å². The van der Waals surface area contributed by atoms with E-state index in [1.165, 1.54) is 0 Å². The van der Waals surface area contributed by atoms with Crippen molar-refractivity contribution in [3.8, 4) is 0 Å². The lowest BCUT2D eigenvalue weighted by Crippen LogP contribution is -2.41. The van der Waals surface area contributed by atoms with Crippen LogP contribution in [0.4, 0.5) is 14.5 Å². The SMILES string of the molecule is C[C@H](CNc1ccsc1)C(=O)N(C)C1COCc2[nH]c(=O)c3cc(F)c(F)cc3c21. The predicted molar refractivity (Wildman–Crippen MR) is 112 cm³/mol. The van der Waals surface area contributed by atoms with Crippen molar-refractivity contribution in [2.75, 3.05) is 25.5 Å². The Morgan fingerprint density at radius 3 is 2.80 bits per heavy atom. The van der Waals surface area contributed by atoms with Gasteiger partial charge in [-0.3, -0.25) is 9.59 Å². The van der Waals surface area contributed by atoms with Crippen LogP contribution in [0.2, 0.25) is 0 Å². The molecule has 30 heavy (non-hydrogen) atoms. The van der Waals surface area contributed by atoms with E-state index in [-0.39, 0.29) is 30.4 Å². The van der Waals surface area contributed by atoms with Gasteiger partial charge in [-0.25, -0.2) is 8.78 Å². The van der Waals surface area contributed by atoms with Crippen LogP contribution < -0.4 is 10.9 Å². The molecule has 3 heterocycles. The Kier molecular flexibility index (Phi) is 5.57. The minimum atomic E-state index is -1.09. The van der Waals surface area contributed by atoms with Crippen LogP contribution in [0.15, 0.2) is 33.8 Å². The van der Waals surface area contributed by atoms with E-state index in [9.17, 15) is 18.4 Å². The zero-order chi connectivity index (χ0) is 21.4. The molecule has 1 aromatic carbocycles. The number of carbonyl (C=O) groups is 1. The van der Waals surface area contributed by atoms with Crippen LogP contribution in [-0.4, -0.2) is 36.0 Å². The number of fused-ring (bicyclic) bond motifs is 3. The highest BCUT2D eigenvalue weighted by Crippen LogP contribution is 2.34. The Bertz CT molecular complexity index is 1150. The molecular weight excluding hydrogens is 412 g/mol. The number of H-pyrrole nitrogens is 1. The van der Waals surface area contributed by atoms with Gasteiger partial charge in [-0.2, -0.15) is 11.3 Å². The summed E-state index contributed by atoms with van der Waals surface area (Å²) >= 11 is 1.56. The number of thiophene rings is 1. The van der Waals surface area contributed by atoms with Gasteiger partial charge in [0.25, 0.3) is 5.56 Å². The molecule has 6 nitrogen and oxygen atoms in total. The molecule has 2 atom stereocenters. The normalized spacial score (nSPS) is 16.9. The molecule has 1 amide bonds. The first-order chi connectivity index (χ1) is 14.4. The molecule has 2 aromatic heterocycles. The number of ether oxygens (including phenoxy) is 1. The van der Waals surface area contributed by atoms with Gasteiger partial charge >= 0.3 is 0 Å². The summed E-state index contributed by atoms with van der Waals surface area (Å²) in [7, 11) is 1.66. The highest BCUT2D eigenvalue weighted by Gasteiger charge is 2.32. The molecule has 158 valence electrons. The van der Waals surface area contributed by atoms with Crippen molar-refractivity contribution in [1.29, 1.82) is 0 Å². The summed E-state index contributed by atoms with van der Waals surface area (Å²) < 4.78 is 33.3. The maximum absolute atomic E-state index is 14.0. The van der Waals surface area contributed by atoms with E-state index in [1.807, 2.05) is 23.8 Å². The Hall–Kier alpha value is -2.78. The van der Waals surface area contributed by atoms with E-state index in [1.54, 1.807) is 23.3 Å². The van der Waals surface area contributed by atoms with E-state index >= 15 is 0 Å². The fourth-order valence-electron chi connectivity index (χ4n) is 3.77. The minimum Gasteiger partial charge on any atom is -0.384 e. The highest BCUT2D eigenvalue weighted by atomic mass is 32.1. The molecule has 0 spiro atoms. The summed E-state index contributed by atoms with van der Waals surface area (Å²) in [4.78, 5) is 29.7. The zero-order valence-electron chi connectivity index (χ0n) is 16.5. The fraction of sp³-hybridized carbons (Fsp3) is 0.333. The Balaban J connectivity index is 1.66. The average molecular weight is 433 g/mol. The Morgan fingerprint density at radius 2 is 2.10 bits per heavy atom. The highest BCUT2D eigenvalue weighted by molar-refractivity contribution is 7.08. The van der Waals surface area contributed by atoms with Crippen LogP contribution in [0.5, 0.6) is 0 Å². The quantitative estimate of drug-likeness (QED) is 0.644. The molecule has 1 aliphatic rings. The van der Waals surface area contributed by atoms with E-state index in [4.69, 9.17) is 4.74 Å². The number of halogens is 2. The van der Waals surface area contributed by atoms with Crippen molar-refractivity contribution in [2.45, 2.75) is 19.6 Å². The van der Waals surface area contributed by atoms with Gasteiger partial charge in [0.1, 0.15) is 0 Å². The lowest BCUT2D eigenvalue weighted by molar-refractivity contribution is -0.137. The number of amides is 1. The van der Waals surface area contributed by atoms with Crippen LogP contribution in [0.3, 0.4) is 0 Å². The van der Waals surface area contributed by atoms with Gasteiger partial charge in [-0.1, -0.05) is 6.92 Å². The lowest BCUT2D eigenvalue weighted by Gasteiger charge is -2.35. The number of aromatic amines is 1. The molecule has 0 saturated heterocycles. The van der Waals surface area contributed by atoms with Gasteiger partial charge < -0.3 is 19.9 Å². The van der Waals surface area contributed by atoms with Crippen molar-refractivity contribution in [3.05, 3.63) is 62.2 Å². The van der Waals surface area contributed by atoms with E-state index < -0.39 is 23.2 Å². The fourth-order valence-corrected chi connectivity index (χ4v) is 4.38. The predicted octanol–water partition coefficient (Wildman–Crippen LogP) is 3.65. The third-order valence-corrected chi connectivity index (χ3v) is 6.09. The van der Waals surface area contributed by atoms with Crippen molar-refractivity contribution in [3.63, 3.8) is 0 Å².